The van der Waals surface area contributed by atoms with Crippen molar-refractivity contribution >= 4 is 5.97 Å². The van der Waals surface area contributed by atoms with Gasteiger partial charge in [-0.1, -0.05) is 13.3 Å². The van der Waals surface area contributed by atoms with Crippen LogP contribution in [0.5, 0.6) is 0 Å². The van der Waals surface area contributed by atoms with Crippen molar-refractivity contribution in [1.29, 1.82) is 0 Å². The number of carbonyl (C=O) groups excluding carboxylic acids is 1. The second-order valence-corrected chi connectivity index (χ2v) is 4.17. The van der Waals surface area contributed by atoms with E-state index in [1.54, 1.807) is 0 Å². The molecule has 0 radical (unpaired) electrons. The Kier molecular flexibility index (Phi) is 4.12. The van der Waals surface area contributed by atoms with Crippen molar-refractivity contribution < 1.29 is 22.7 Å². The van der Waals surface area contributed by atoms with Crippen LogP contribution >= 0.6 is 0 Å². The van der Waals surface area contributed by atoms with Crippen LogP contribution in [-0.4, -0.2) is 18.1 Å². The van der Waals surface area contributed by atoms with E-state index in [0.717, 1.165) is 18.6 Å². The molecule has 106 valence electrons. The summed E-state index contributed by atoms with van der Waals surface area (Å²) in [5.74, 6) is -2.55. The number of carbonyl (C=O) groups is 1. The maximum atomic E-state index is 13.2. The molecule has 0 aliphatic rings. The number of benzene rings is 1. The van der Waals surface area contributed by atoms with Crippen LogP contribution in [0, 0.1) is 11.6 Å². The first-order chi connectivity index (χ1) is 9.56. The molecular formula is C14H13F2NO3. The van der Waals surface area contributed by atoms with Gasteiger partial charge in [0.25, 0.3) is 0 Å². The van der Waals surface area contributed by atoms with Gasteiger partial charge in [0.2, 0.25) is 11.7 Å². The van der Waals surface area contributed by atoms with Crippen LogP contribution in [0.1, 0.15) is 29.6 Å². The number of rotatable bonds is 4. The standard InChI is InChI=1S/C14H13F2NO3/c1-3-4-11-12(14(18)19-2)20-13(17-11)8-5-6-9(15)10(16)7-8/h5-7H,3-4H2,1-2H3. The van der Waals surface area contributed by atoms with E-state index in [-0.39, 0.29) is 17.2 Å². The molecule has 20 heavy (non-hydrogen) atoms. The minimum absolute atomic E-state index is 0.00548. The number of oxazole rings is 1. The summed E-state index contributed by atoms with van der Waals surface area (Å²) in [5, 5.41) is 0. The van der Waals surface area contributed by atoms with E-state index in [1.807, 2.05) is 6.92 Å². The normalized spacial score (nSPS) is 10.6. The topological polar surface area (TPSA) is 52.3 Å². The fourth-order valence-electron chi connectivity index (χ4n) is 1.76. The highest BCUT2D eigenvalue weighted by Gasteiger charge is 2.21. The van der Waals surface area contributed by atoms with Crippen LogP contribution in [0.25, 0.3) is 11.5 Å². The summed E-state index contributed by atoms with van der Waals surface area (Å²) in [6.07, 6.45) is 1.28. The lowest BCUT2D eigenvalue weighted by molar-refractivity contribution is 0.0564. The Morgan fingerprint density at radius 2 is 2.10 bits per heavy atom. The molecule has 0 spiro atoms. The minimum Gasteiger partial charge on any atom is -0.463 e. The van der Waals surface area contributed by atoms with E-state index in [0.29, 0.717) is 12.1 Å². The second kappa shape index (κ2) is 5.81. The quantitative estimate of drug-likeness (QED) is 0.806. The Morgan fingerprint density at radius 1 is 1.35 bits per heavy atom. The van der Waals surface area contributed by atoms with Crippen LogP contribution in [0.4, 0.5) is 8.78 Å². The van der Waals surface area contributed by atoms with Crippen molar-refractivity contribution in [1.82, 2.24) is 4.98 Å². The van der Waals surface area contributed by atoms with Gasteiger partial charge >= 0.3 is 5.97 Å². The fourth-order valence-corrected chi connectivity index (χ4v) is 1.76. The number of methoxy groups -OCH3 is 1. The van der Waals surface area contributed by atoms with Gasteiger partial charge in [-0.15, -0.1) is 0 Å². The fraction of sp³-hybridized carbons (Fsp3) is 0.286. The number of nitrogens with zero attached hydrogens (tertiary/aromatic N) is 1. The van der Waals surface area contributed by atoms with Crippen LogP contribution in [0.3, 0.4) is 0 Å². The molecule has 0 atom stereocenters. The third kappa shape index (κ3) is 2.68. The summed E-state index contributed by atoms with van der Waals surface area (Å²) in [6.45, 7) is 1.92. The minimum atomic E-state index is -1.00. The Morgan fingerprint density at radius 3 is 2.70 bits per heavy atom. The maximum absolute atomic E-state index is 13.2. The van der Waals surface area contributed by atoms with Gasteiger partial charge in [0, 0.05) is 5.56 Å². The number of halogens is 2. The molecule has 2 rings (SSSR count). The second-order valence-electron chi connectivity index (χ2n) is 4.17. The summed E-state index contributed by atoms with van der Waals surface area (Å²) < 4.78 is 36.0. The maximum Gasteiger partial charge on any atom is 0.376 e. The van der Waals surface area contributed by atoms with Crippen molar-refractivity contribution in [2.24, 2.45) is 0 Å². The molecule has 0 bridgehead atoms. The van der Waals surface area contributed by atoms with E-state index in [2.05, 4.69) is 9.72 Å². The molecule has 6 heteroatoms. The molecule has 0 N–H and O–H groups in total. The van der Waals surface area contributed by atoms with E-state index in [9.17, 15) is 13.6 Å². The number of aromatic nitrogens is 1. The zero-order chi connectivity index (χ0) is 14.7. The van der Waals surface area contributed by atoms with Crippen molar-refractivity contribution in [3.8, 4) is 11.5 Å². The summed E-state index contributed by atoms with van der Waals surface area (Å²) in [4.78, 5) is 15.7. The largest absolute Gasteiger partial charge is 0.463 e. The molecular weight excluding hydrogens is 268 g/mol. The monoisotopic (exact) mass is 281 g/mol. The van der Waals surface area contributed by atoms with Crippen molar-refractivity contribution in [2.75, 3.05) is 7.11 Å². The summed E-state index contributed by atoms with van der Waals surface area (Å²) >= 11 is 0. The van der Waals surface area contributed by atoms with Gasteiger partial charge in [0.1, 0.15) is 0 Å². The molecule has 0 amide bonds. The molecule has 0 fully saturated rings. The Bertz CT molecular complexity index is 637. The van der Waals surface area contributed by atoms with E-state index in [4.69, 9.17) is 4.42 Å². The predicted molar refractivity (Wildman–Crippen MR) is 67.2 cm³/mol. The summed E-state index contributed by atoms with van der Waals surface area (Å²) in [5.41, 5.74) is 0.704. The Hall–Kier alpha value is -2.24. The predicted octanol–water partition coefficient (Wildman–Crippen LogP) is 3.36. The van der Waals surface area contributed by atoms with Crippen molar-refractivity contribution in [2.45, 2.75) is 19.8 Å². The molecule has 1 aromatic heterocycles. The molecule has 0 unspecified atom stereocenters. The zero-order valence-electron chi connectivity index (χ0n) is 11.1. The number of hydrogen-bond donors (Lipinski definition) is 0. The smallest absolute Gasteiger partial charge is 0.376 e. The lowest BCUT2D eigenvalue weighted by Gasteiger charge is -1.97. The first kappa shape index (κ1) is 14.2. The van der Waals surface area contributed by atoms with Crippen LogP contribution in [-0.2, 0) is 11.2 Å². The number of ether oxygens (including phenoxy) is 1. The summed E-state index contributed by atoms with van der Waals surface area (Å²) in [7, 11) is 1.23. The molecule has 1 heterocycles. The first-order valence-corrected chi connectivity index (χ1v) is 6.10. The molecule has 1 aromatic carbocycles. The van der Waals surface area contributed by atoms with Crippen LogP contribution in [0.15, 0.2) is 22.6 Å². The van der Waals surface area contributed by atoms with Gasteiger partial charge in [-0.25, -0.2) is 18.6 Å². The van der Waals surface area contributed by atoms with Crippen molar-refractivity contribution in [3.05, 3.63) is 41.3 Å². The molecule has 4 nitrogen and oxygen atoms in total. The Labute approximate surface area is 114 Å². The van der Waals surface area contributed by atoms with E-state index >= 15 is 0 Å². The SMILES string of the molecule is CCCc1nc(-c2ccc(F)c(F)c2)oc1C(=O)OC. The molecule has 0 aliphatic heterocycles. The van der Waals surface area contributed by atoms with E-state index < -0.39 is 17.6 Å². The lowest BCUT2D eigenvalue weighted by atomic mass is 10.2. The highest BCUT2D eigenvalue weighted by Crippen LogP contribution is 2.25. The molecule has 2 aromatic rings. The molecule has 0 saturated heterocycles. The van der Waals surface area contributed by atoms with Gasteiger partial charge < -0.3 is 9.15 Å². The van der Waals surface area contributed by atoms with Crippen LogP contribution in [0.2, 0.25) is 0 Å². The third-order valence-electron chi connectivity index (χ3n) is 2.72. The first-order valence-electron chi connectivity index (χ1n) is 6.10. The number of aryl methyl sites for hydroxylation is 1. The third-order valence-corrected chi connectivity index (χ3v) is 2.72. The lowest BCUT2D eigenvalue weighted by Crippen LogP contribution is -2.03. The molecule has 0 aliphatic carbocycles. The average molecular weight is 281 g/mol. The van der Waals surface area contributed by atoms with Crippen molar-refractivity contribution in [3.63, 3.8) is 0 Å². The van der Waals surface area contributed by atoms with Crippen LogP contribution < -0.4 is 0 Å². The van der Waals surface area contributed by atoms with E-state index in [1.165, 1.54) is 13.2 Å². The van der Waals surface area contributed by atoms with Gasteiger partial charge in [-0.2, -0.15) is 0 Å². The van der Waals surface area contributed by atoms with Gasteiger partial charge in [0.05, 0.1) is 12.8 Å². The summed E-state index contributed by atoms with van der Waals surface area (Å²) in [6, 6.07) is 3.28. The molecule has 0 saturated carbocycles. The number of hydrogen-bond acceptors (Lipinski definition) is 4. The zero-order valence-corrected chi connectivity index (χ0v) is 11.1. The highest BCUT2D eigenvalue weighted by molar-refractivity contribution is 5.87. The number of esters is 1. The van der Waals surface area contributed by atoms with Gasteiger partial charge in [-0.05, 0) is 24.6 Å². The Balaban J connectivity index is 2.46. The average Bonchev–Trinajstić information content (AvgIpc) is 2.85. The highest BCUT2D eigenvalue weighted by atomic mass is 19.2. The van der Waals surface area contributed by atoms with Gasteiger partial charge in [0.15, 0.2) is 11.6 Å². The van der Waals surface area contributed by atoms with Gasteiger partial charge in [-0.3, -0.25) is 0 Å².